The molecule has 0 aromatic carbocycles. The van der Waals surface area contributed by atoms with Crippen LogP contribution < -0.4 is 5.32 Å². The van der Waals surface area contributed by atoms with Gasteiger partial charge in [-0.1, -0.05) is 0 Å². The number of rotatable bonds is 3. The van der Waals surface area contributed by atoms with Crippen LogP contribution >= 0.6 is 11.8 Å². The van der Waals surface area contributed by atoms with Gasteiger partial charge >= 0.3 is 5.97 Å². The predicted octanol–water partition coefficient (Wildman–Crippen LogP) is 0.878. The Bertz CT molecular complexity index is 367. The summed E-state index contributed by atoms with van der Waals surface area (Å²) < 4.78 is 4.81. The Morgan fingerprint density at radius 3 is 2.72 bits per heavy atom. The van der Waals surface area contributed by atoms with E-state index in [1.54, 1.807) is 18.7 Å². The number of carboxylic acids is 1. The molecule has 2 aliphatic heterocycles. The number of ether oxygens (including phenoxy) is 1. The van der Waals surface area contributed by atoms with Crippen LogP contribution in [-0.4, -0.2) is 46.7 Å². The molecule has 1 amide bonds. The van der Waals surface area contributed by atoms with Gasteiger partial charge in [0, 0.05) is 0 Å². The number of nitrogens with one attached hydrogen (secondary N) is 1. The summed E-state index contributed by atoms with van der Waals surface area (Å²) in [4.78, 5) is 23.5. The average Bonchev–Trinajstić information content (AvgIpc) is 2.88. The Morgan fingerprint density at radius 1 is 1.44 bits per heavy atom. The third-order valence-electron chi connectivity index (χ3n) is 3.95. The quantitative estimate of drug-likeness (QED) is 0.798. The molecular formula is C12H19NO4S. The first kappa shape index (κ1) is 13.7. The Hall–Kier alpha value is -0.750. The van der Waals surface area contributed by atoms with E-state index in [2.05, 4.69) is 5.32 Å². The van der Waals surface area contributed by atoms with Crippen molar-refractivity contribution < 1.29 is 19.4 Å². The van der Waals surface area contributed by atoms with Crippen molar-refractivity contribution in [2.45, 2.75) is 37.5 Å². The molecule has 2 saturated heterocycles. The summed E-state index contributed by atoms with van der Waals surface area (Å²) in [5, 5.41) is 12.1. The van der Waals surface area contributed by atoms with Gasteiger partial charge in [-0.3, -0.25) is 9.59 Å². The van der Waals surface area contributed by atoms with Gasteiger partial charge in [-0.25, -0.2) is 0 Å². The third-order valence-corrected chi connectivity index (χ3v) is 5.47. The maximum Gasteiger partial charge on any atom is 0.313 e. The molecule has 2 aliphatic rings. The highest BCUT2D eigenvalue weighted by Gasteiger charge is 2.49. The maximum absolute atomic E-state index is 12.3. The van der Waals surface area contributed by atoms with Crippen molar-refractivity contribution in [2.75, 3.05) is 19.0 Å². The molecule has 6 heteroatoms. The van der Waals surface area contributed by atoms with E-state index in [1.165, 1.54) is 0 Å². The van der Waals surface area contributed by atoms with Crippen molar-refractivity contribution in [2.24, 2.45) is 5.41 Å². The predicted molar refractivity (Wildman–Crippen MR) is 68.6 cm³/mol. The lowest BCUT2D eigenvalue weighted by molar-refractivity contribution is -0.149. The van der Waals surface area contributed by atoms with E-state index in [0.29, 0.717) is 0 Å². The fourth-order valence-electron chi connectivity index (χ4n) is 2.35. The summed E-state index contributed by atoms with van der Waals surface area (Å²) in [5.74, 6) is 0.00359. The monoisotopic (exact) mass is 273 g/mol. The van der Waals surface area contributed by atoms with E-state index in [4.69, 9.17) is 4.74 Å². The number of aliphatic carboxylic acids is 1. The van der Waals surface area contributed by atoms with Gasteiger partial charge < -0.3 is 15.2 Å². The first-order valence-corrected chi connectivity index (χ1v) is 7.13. The Morgan fingerprint density at radius 2 is 2.17 bits per heavy atom. The van der Waals surface area contributed by atoms with E-state index in [-0.39, 0.29) is 19.1 Å². The van der Waals surface area contributed by atoms with Crippen molar-refractivity contribution in [1.82, 2.24) is 5.32 Å². The van der Waals surface area contributed by atoms with Crippen LogP contribution in [0.25, 0.3) is 0 Å². The Labute approximate surface area is 111 Å². The number of carbonyl (C=O) groups excluding carboxylic acids is 1. The van der Waals surface area contributed by atoms with Crippen molar-refractivity contribution in [3.63, 3.8) is 0 Å². The van der Waals surface area contributed by atoms with Gasteiger partial charge in [0.2, 0.25) is 5.91 Å². The molecule has 2 fully saturated rings. The molecule has 18 heavy (non-hydrogen) atoms. The van der Waals surface area contributed by atoms with Gasteiger partial charge in [0.15, 0.2) is 0 Å². The lowest BCUT2D eigenvalue weighted by Gasteiger charge is -2.29. The third kappa shape index (κ3) is 2.23. The van der Waals surface area contributed by atoms with Crippen molar-refractivity contribution >= 4 is 23.6 Å². The second-order valence-electron chi connectivity index (χ2n) is 5.45. The van der Waals surface area contributed by atoms with Crippen LogP contribution in [0.3, 0.4) is 0 Å². The smallest absolute Gasteiger partial charge is 0.313 e. The van der Waals surface area contributed by atoms with Crippen LogP contribution in [0.2, 0.25) is 0 Å². The van der Waals surface area contributed by atoms with Gasteiger partial charge in [0.25, 0.3) is 0 Å². The summed E-state index contributed by atoms with van der Waals surface area (Å²) in [6.07, 6.45) is 1.88. The van der Waals surface area contributed by atoms with Crippen LogP contribution in [0.5, 0.6) is 0 Å². The second-order valence-corrected chi connectivity index (χ2v) is 7.04. The molecule has 5 nitrogen and oxygen atoms in total. The molecule has 0 spiro atoms. The van der Waals surface area contributed by atoms with E-state index < -0.39 is 22.2 Å². The lowest BCUT2D eigenvalue weighted by Crippen LogP contribution is -2.53. The van der Waals surface area contributed by atoms with Crippen LogP contribution in [0, 0.1) is 5.41 Å². The standard InChI is InChI=1S/C12H19NO4S/c1-11(10(15)16)7-17-6-8(11)13-9(14)12(2)4-3-5-18-12/h8H,3-7H2,1-2H3,(H,13,14)(H,15,16). The van der Waals surface area contributed by atoms with Gasteiger partial charge in [0.05, 0.1) is 24.0 Å². The largest absolute Gasteiger partial charge is 0.481 e. The summed E-state index contributed by atoms with van der Waals surface area (Å²) >= 11 is 1.64. The maximum atomic E-state index is 12.3. The molecule has 2 heterocycles. The van der Waals surface area contributed by atoms with Crippen LogP contribution in [-0.2, 0) is 14.3 Å². The zero-order valence-electron chi connectivity index (χ0n) is 10.7. The molecular weight excluding hydrogens is 254 g/mol. The summed E-state index contributed by atoms with van der Waals surface area (Å²) in [5.41, 5.74) is -1.02. The van der Waals surface area contributed by atoms with E-state index in [9.17, 15) is 14.7 Å². The number of carboxylic acid groups (broad SMARTS) is 1. The first-order chi connectivity index (χ1) is 8.38. The minimum Gasteiger partial charge on any atom is -0.481 e. The second kappa shape index (κ2) is 4.74. The number of amides is 1. The molecule has 102 valence electrons. The van der Waals surface area contributed by atoms with E-state index in [1.807, 2.05) is 6.92 Å². The molecule has 0 saturated carbocycles. The van der Waals surface area contributed by atoms with Gasteiger partial charge in [-0.2, -0.15) is 0 Å². The molecule has 0 radical (unpaired) electrons. The SMILES string of the molecule is CC1(C(=O)NC2COCC2(C)C(=O)O)CCCS1. The van der Waals surface area contributed by atoms with Gasteiger partial charge in [-0.15, -0.1) is 11.8 Å². The molecule has 0 aromatic heterocycles. The van der Waals surface area contributed by atoms with E-state index in [0.717, 1.165) is 18.6 Å². The zero-order valence-corrected chi connectivity index (χ0v) is 11.5. The van der Waals surface area contributed by atoms with Crippen LogP contribution in [0.1, 0.15) is 26.7 Å². The van der Waals surface area contributed by atoms with Crippen molar-refractivity contribution in [3.05, 3.63) is 0 Å². The molecule has 0 aliphatic carbocycles. The fourth-order valence-corrected chi connectivity index (χ4v) is 3.57. The molecule has 0 aromatic rings. The highest BCUT2D eigenvalue weighted by molar-refractivity contribution is 8.01. The van der Waals surface area contributed by atoms with Crippen molar-refractivity contribution in [3.8, 4) is 0 Å². The number of carbonyl (C=O) groups is 2. The molecule has 2 N–H and O–H groups in total. The summed E-state index contributed by atoms with van der Waals surface area (Å²) in [7, 11) is 0. The minimum atomic E-state index is -1.02. The lowest BCUT2D eigenvalue weighted by atomic mass is 9.85. The first-order valence-electron chi connectivity index (χ1n) is 6.14. The molecule has 3 unspecified atom stereocenters. The van der Waals surface area contributed by atoms with Crippen LogP contribution in [0.4, 0.5) is 0 Å². The Balaban J connectivity index is 2.05. The summed E-state index contributed by atoms with van der Waals surface area (Å²) in [6, 6.07) is -0.444. The summed E-state index contributed by atoms with van der Waals surface area (Å²) in [6.45, 7) is 3.97. The average molecular weight is 273 g/mol. The number of hydrogen-bond acceptors (Lipinski definition) is 4. The molecule has 2 rings (SSSR count). The fraction of sp³-hybridized carbons (Fsp3) is 0.833. The molecule has 0 bridgehead atoms. The highest BCUT2D eigenvalue weighted by Crippen LogP contribution is 2.38. The normalized spacial score (nSPS) is 39.8. The minimum absolute atomic E-state index is 0.0621. The van der Waals surface area contributed by atoms with Crippen molar-refractivity contribution in [1.29, 1.82) is 0 Å². The number of hydrogen-bond donors (Lipinski definition) is 2. The highest BCUT2D eigenvalue weighted by atomic mass is 32.2. The zero-order chi connectivity index (χ0) is 13.4. The van der Waals surface area contributed by atoms with E-state index >= 15 is 0 Å². The van der Waals surface area contributed by atoms with Gasteiger partial charge in [0.1, 0.15) is 5.41 Å². The number of thioether (sulfide) groups is 1. The van der Waals surface area contributed by atoms with Crippen LogP contribution in [0.15, 0.2) is 0 Å². The Kier molecular flexibility index (Phi) is 3.60. The topological polar surface area (TPSA) is 75.6 Å². The molecule has 3 atom stereocenters. The van der Waals surface area contributed by atoms with Gasteiger partial charge in [-0.05, 0) is 32.4 Å².